The Hall–Kier alpha value is -1.91. The summed E-state index contributed by atoms with van der Waals surface area (Å²) in [4.78, 5) is 21.2. The highest BCUT2D eigenvalue weighted by Gasteiger charge is 2.17. The SMILES string of the molecule is CC(C)Oc1ccccc1C(=O)C[N+](=O)[O-]. The molecule has 0 fully saturated rings. The van der Waals surface area contributed by atoms with E-state index in [1.54, 1.807) is 18.2 Å². The Bertz CT molecular complexity index is 401. The Kier molecular flexibility index (Phi) is 3.99. The third kappa shape index (κ3) is 3.34. The van der Waals surface area contributed by atoms with E-state index in [0.717, 1.165) is 0 Å². The smallest absolute Gasteiger partial charge is 0.265 e. The van der Waals surface area contributed by atoms with Crippen LogP contribution < -0.4 is 4.74 Å². The van der Waals surface area contributed by atoms with Crippen LogP contribution in [0.5, 0.6) is 5.75 Å². The molecule has 0 unspecified atom stereocenters. The molecule has 0 aliphatic heterocycles. The maximum absolute atomic E-state index is 11.5. The lowest BCUT2D eigenvalue weighted by atomic mass is 10.1. The van der Waals surface area contributed by atoms with Crippen molar-refractivity contribution in [1.82, 2.24) is 0 Å². The van der Waals surface area contributed by atoms with Crippen molar-refractivity contribution in [1.29, 1.82) is 0 Å². The number of carbonyl (C=O) groups is 1. The zero-order valence-corrected chi connectivity index (χ0v) is 9.17. The van der Waals surface area contributed by atoms with E-state index in [1.165, 1.54) is 6.07 Å². The van der Waals surface area contributed by atoms with Gasteiger partial charge in [-0.25, -0.2) is 0 Å². The minimum absolute atomic E-state index is 0.0791. The van der Waals surface area contributed by atoms with Gasteiger partial charge in [0, 0.05) is 4.92 Å². The third-order valence-electron chi connectivity index (χ3n) is 1.82. The number of nitro groups is 1. The van der Waals surface area contributed by atoms with Crippen LogP contribution >= 0.6 is 0 Å². The number of nitrogens with zero attached hydrogens (tertiary/aromatic N) is 1. The zero-order chi connectivity index (χ0) is 12.1. The maximum atomic E-state index is 11.5. The Morgan fingerprint density at radius 2 is 2.06 bits per heavy atom. The first kappa shape index (κ1) is 12.2. The number of para-hydroxylation sites is 1. The Morgan fingerprint density at radius 3 is 2.62 bits per heavy atom. The van der Waals surface area contributed by atoms with Crippen LogP contribution in [0.1, 0.15) is 24.2 Å². The highest BCUT2D eigenvalue weighted by Crippen LogP contribution is 2.19. The van der Waals surface area contributed by atoms with E-state index in [-0.39, 0.29) is 11.7 Å². The fourth-order valence-electron chi connectivity index (χ4n) is 1.26. The van der Waals surface area contributed by atoms with Crippen LogP contribution in [-0.4, -0.2) is 23.4 Å². The van der Waals surface area contributed by atoms with Crippen molar-refractivity contribution in [2.24, 2.45) is 0 Å². The van der Waals surface area contributed by atoms with E-state index < -0.39 is 17.3 Å². The summed E-state index contributed by atoms with van der Waals surface area (Å²) in [5, 5.41) is 10.3. The van der Waals surface area contributed by atoms with E-state index in [0.29, 0.717) is 5.75 Å². The van der Waals surface area contributed by atoms with Crippen LogP contribution in [0.4, 0.5) is 0 Å². The van der Waals surface area contributed by atoms with Gasteiger partial charge < -0.3 is 4.74 Å². The van der Waals surface area contributed by atoms with E-state index >= 15 is 0 Å². The molecule has 0 atom stereocenters. The van der Waals surface area contributed by atoms with Gasteiger partial charge in [-0.3, -0.25) is 14.9 Å². The first-order chi connectivity index (χ1) is 7.50. The highest BCUT2D eigenvalue weighted by atomic mass is 16.6. The summed E-state index contributed by atoms with van der Waals surface area (Å²) in [6.45, 7) is 2.95. The number of ketones is 1. The quantitative estimate of drug-likeness (QED) is 0.434. The van der Waals surface area contributed by atoms with Gasteiger partial charge in [0.25, 0.3) is 6.54 Å². The number of hydrogen-bond donors (Lipinski definition) is 0. The van der Waals surface area contributed by atoms with Crippen molar-refractivity contribution in [2.45, 2.75) is 20.0 Å². The summed E-state index contributed by atoms with van der Waals surface area (Å²) in [6.07, 6.45) is -0.0791. The molecule has 0 saturated heterocycles. The van der Waals surface area contributed by atoms with E-state index in [4.69, 9.17) is 4.74 Å². The summed E-state index contributed by atoms with van der Waals surface area (Å²) in [5.41, 5.74) is 0.257. The van der Waals surface area contributed by atoms with Gasteiger partial charge in [-0.1, -0.05) is 12.1 Å². The van der Waals surface area contributed by atoms with E-state index in [9.17, 15) is 14.9 Å². The molecule has 86 valence electrons. The molecule has 0 radical (unpaired) electrons. The second-order valence-corrected chi connectivity index (χ2v) is 3.58. The molecular formula is C11H13NO4. The summed E-state index contributed by atoms with van der Waals surface area (Å²) >= 11 is 0. The molecule has 0 aromatic heterocycles. The molecule has 0 spiro atoms. The predicted octanol–water partition coefficient (Wildman–Crippen LogP) is 1.93. The lowest BCUT2D eigenvalue weighted by Gasteiger charge is -2.12. The number of Topliss-reactive ketones (excluding diaryl/α,β-unsaturated/α-hetero) is 1. The average molecular weight is 223 g/mol. The van der Waals surface area contributed by atoms with Gasteiger partial charge in [0.05, 0.1) is 11.7 Å². The second-order valence-electron chi connectivity index (χ2n) is 3.58. The lowest BCUT2D eigenvalue weighted by molar-refractivity contribution is -0.465. The molecule has 1 aromatic carbocycles. The Morgan fingerprint density at radius 1 is 1.44 bits per heavy atom. The summed E-state index contributed by atoms with van der Waals surface area (Å²) < 4.78 is 5.40. The highest BCUT2D eigenvalue weighted by molar-refractivity contribution is 5.99. The van der Waals surface area contributed by atoms with Gasteiger partial charge in [-0.15, -0.1) is 0 Å². The molecule has 1 aromatic rings. The van der Waals surface area contributed by atoms with E-state index in [2.05, 4.69) is 0 Å². The molecule has 0 amide bonds. The number of ether oxygens (including phenoxy) is 1. The van der Waals surface area contributed by atoms with Gasteiger partial charge in [-0.2, -0.15) is 0 Å². The van der Waals surface area contributed by atoms with Crippen molar-refractivity contribution in [3.63, 3.8) is 0 Å². The maximum Gasteiger partial charge on any atom is 0.265 e. The lowest BCUT2D eigenvalue weighted by Crippen LogP contribution is -2.16. The predicted molar refractivity (Wildman–Crippen MR) is 58.4 cm³/mol. The number of rotatable bonds is 5. The van der Waals surface area contributed by atoms with Crippen molar-refractivity contribution in [2.75, 3.05) is 6.54 Å². The number of carbonyl (C=O) groups excluding carboxylic acids is 1. The van der Waals surface area contributed by atoms with E-state index in [1.807, 2.05) is 13.8 Å². The summed E-state index contributed by atoms with van der Waals surface area (Å²) in [7, 11) is 0. The van der Waals surface area contributed by atoms with Crippen LogP contribution in [0.15, 0.2) is 24.3 Å². The number of benzene rings is 1. The minimum atomic E-state index is -0.710. The van der Waals surface area contributed by atoms with Crippen LogP contribution in [0.3, 0.4) is 0 Å². The van der Waals surface area contributed by atoms with Gasteiger partial charge in [0.1, 0.15) is 5.75 Å². The second kappa shape index (κ2) is 5.25. The first-order valence-electron chi connectivity index (χ1n) is 4.91. The minimum Gasteiger partial charge on any atom is -0.490 e. The molecule has 0 bridgehead atoms. The van der Waals surface area contributed by atoms with Crippen molar-refractivity contribution >= 4 is 5.78 Å². The molecule has 0 aliphatic carbocycles. The molecular weight excluding hydrogens is 210 g/mol. The Labute approximate surface area is 93.2 Å². The Balaban J connectivity index is 2.94. The third-order valence-corrected chi connectivity index (χ3v) is 1.82. The standard InChI is InChI=1S/C11H13NO4/c1-8(2)16-11-6-4-3-5-9(11)10(13)7-12(14)15/h3-6,8H,7H2,1-2H3. The normalized spacial score (nSPS) is 10.2. The average Bonchev–Trinajstić information content (AvgIpc) is 2.16. The molecule has 1 rings (SSSR count). The van der Waals surface area contributed by atoms with Crippen LogP contribution in [0.25, 0.3) is 0 Å². The molecule has 0 N–H and O–H groups in total. The molecule has 5 nitrogen and oxygen atoms in total. The largest absolute Gasteiger partial charge is 0.490 e. The molecule has 16 heavy (non-hydrogen) atoms. The molecule has 0 aliphatic rings. The van der Waals surface area contributed by atoms with Crippen LogP contribution in [0, 0.1) is 10.1 Å². The molecule has 0 saturated carbocycles. The van der Waals surface area contributed by atoms with Crippen molar-refractivity contribution < 1.29 is 14.5 Å². The monoisotopic (exact) mass is 223 g/mol. The summed E-state index contributed by atoms with van der Waals surface area (Å²) in [5.74, 6) is -0.148. The molecule has 0 heterocycles. The van der Waals surface area contributed by atoms with Crippen molar-refractivity contribution in [3.05, 3.63) is 39.9 Å². The molecule has 5 heteroatoms. The summed E-state index contributed by atoms with van der Waals surface area (Å²) in [6, 6.07) is 6.54. The van der Waals surface area contributed by atoms with Gasteiger partial charge in [0.2, 0.25) is 5.78 Å². The first-order valence-corrected chi connectivity index (χ1v) is 4.91. The van der Waals surface area contributed by atoms with Gasteiger partial charge in [0.15, 0.2) is 0 Å². The fraction of sp³-hybridized carbons (Fsp3) is 0.364. The van der Waals surface area contributed by atoms with Crippen molar-refractivity contribution in [3.8, 4) is 5.75 Å². The zero-order valence-electron chi connectivity index (χ0n) is 9.17. The van der Waals surface area contributed by atoms with Gasteiger partial charge in [-0.05, 0) is 26.0 Å². The topological polar surface area (TPSA) is 69.4 Å². The van der Waals surface area contributed by atoms with Gasteiger partial charge >= 0.3 is 0 Å². The number of hydrogen-bond acceptors (Lipinski definition) is 4. The van der Waals surface area contributed by atoms with Crippen LogP contribution in [-0.2, 0) is 0 Å². The fourth-order valence-corrected chi connectivity index (χ4v) is 1.26. The van der Waals surface area contributed by atoms with Crippen LogP contribution in [0.2, 0.25) is 0 Å².